The predicted octanol–water partition coefficient (Wildman–Crippen LogP) is 5.69. The van der Waals surface area contributed by atoms with Gasteiger partial charge in [0.1, 0.15) is 24.2 Å². The van der Waals surface area contributed by atoms with Crippen LogP contribution in [0.4, 0.5) is 0 Å². The van der Waals surface area contributed by atoms with Gasteiger partial charge >= 0.3 is 5.97 Å². The highest BCUT2D eigenvalue weighted by atomic mass is 16.6. The van der Waals surface area contributed by atoms with Gasteiger partial charge in [-0.1, -0.05) is 62.9 Å². The van der Waals surface area contributed by atoms with Gasteiger partial charge in [0.05, 0.1) is 7.11 Å². The number of likely N-dealkylation sites (N-methyl/N-ethyl adjacent to an activating group) is 1. The number of para-hydroxylation sites is 1. The maximum Gasteiger partial charge on any atom is 0.306 e. The molecule has 0 N–H and O–H groups in total. The maximum atomic E-state index is 12.3. The van der Waals surface area contributed by atoms with E-state index in [0.29, 0.717) is 19.6 Å². The van der Waals surface area contributed by atoms with Crippen molar-refractivity contribution < 1.29 is 19.0 Å². The summed E-state index contributed by atoms with van der Waals surface area (Å²) in [6.07, 6.45) is 7.56. The number of rotatable bonds is 16. The van der Waals surface area contributed by atoms with E-state index in [2.05, 4.69) is 25.1 Å². The number of ether oxygens (including phenoxy) is 3. The van der Waals surface area contributed by atoms with Crippen molar-refractivity contribution in [3.8, 4) is 11.5 Å². The van der Waals surface area contributed by atoms with Gasteiger partial charge in [0.15, 0.2) is 0 Å². The Kier molecular flexibility index (Phi) is 12.4. The van der Waals surface area contributed by atoms with Crippen LogP contribution in [0, 0.1) is 0 Å². The third-order valence-corrected chi connectivity index (χ3v) is 5.59. The number of methoxy groups -OCH3 is 1. The Morgan fingerprint density at radius 3 is 2.36 bits per heavy atom. The van der Waals surface area contributed by atoms with Gasteiger partial charge in [-0.2, -0.15) is 0 Å². The molecule has 1 atom stereocenters. The minimum Gasteiger partial charge on any atom is -0.497 e. The minimum absolute atomic E-state index is 0.130. The summed E-state index contributed by atoms with van der Waals surface area (Å²) in [5.74, 6) is 1.59. The zero-order valence-corrected chi connectivity index (χ0v) is 20.8. The van der Waals surface area contributed by atoms with Crippen LogP contribution in [0.1, 0.15) is 56.6 Å². The molecule has 33 heavy (non-hydrogen) atoms. The normalized spacial score (nSPS) is 11.9. The first-order chi connectivity index (χ1) is 16.0. The molecule has 2 aromatic carbocycles. The van der Waals surface area contributed by atoms with E-state index in [1.807, 2.05) is 49.3 Å². The van der Waals surface area contributed by atoms with Crippen LogP contribution in [-0.4, -0.2) is 51.3 Å². The van der Waals surface area contributed by atoms with E-state index < -0.39 is 0 Å². The van der Waals surface area contributed by atoms with Gasteiger partial charge in [0, 0.05) is 13.0 Å². The number of hydrogen-bond acceptors (Lipinski definition) is 5. The van der Waals surface area contributed by atoms with Crippen LogP contribution < -0.4 is 9.47 Å². The van der Waals surface area contributed by atoms with Crippen LogP contribution in [0.25, 0.3) is 0 Å². The summed E-state index contributed by atoms with van der Waals surface area (Å²) in [5, 5.41) is 0. The smallest absolute Gasteiger partial charge is 0.306 e. The molecule has 0 aliphatic rings. The second kappa shape index (κ2) is 15.3. The number of benzene rings is 2. The van der Waals surface area contributed by atoms with Gasteiger partial charge in [-0.05, 0) is 62.7 Å². The number of esters is 1. The fraction of sp³-hybridized carbons (Fsp3) is 0.536. The second-order valence-corrected chi connectivity index (χ2v) is 8.81. The Labute approximate surface area is 200 Å². The molecule has 0 aromatic heterocycles. The van der Waals surface area contributed by atoms with Crippen LogP contribution in [-0.2, 0) is 22.4 Å². The number of carbonyl (C=O) groups is 1. The van der Waals surface area contributed by atoms with Crippen LogP contribution >= 0.6 is 0 Å². The van der Waals surface area contributed by atoms with Gasteiger partial charge in [0.2, 0.25) is 0 Å². The van der Waals surface area contributed by atoms with Crippen molar-refractivity contribution in [3.63, 3.8) is 0 Å². The summed E-state index contributed by atoms with van der Waals surface area (Å²) in [4.78, 5) is 14.4. The largest absolute Gasteiger partial charge is 0.497 e. The third-order valence-electron chi connectivity index (χ3n) is 5.59. The monoisotopic (exact) mass is 455 g/mol. The lowest BCUT2D eigenvalue weighted by Gasteiger charge is -2.22. The Bertz CT molecular complexity index is 804. The third kappa shape index (κ3) is 10.8. The van der Waals surface area contributed by atoms with Crippen LogP contribution in [0.3, 0.4) is 0 Å². The van der Waals surface area contributed by atoms with E-state index >= 15 is 0 Å². The Balaban J connectivity index is 1.88. The molecule has 0 fully saturated rings. The average molecular weight is 456 g/mol. The van der Waals surface area contributed by atoms with E-state index in [4.69, 9.17) is 14.2 Å². The maximum absolute atomic E-state index is 12.3. The molecule has 0 aliphatic carbocycles. The molecule has 0 bridgehead atoms. The standard InChI is InChI=1S/C28H41NO4/c1-5-6-7-8-9-14-28(30)33-26(21-29(2)3)22-32-27-13-11-10-12-24(27)18-15-23-16-19-25(31-4)20-17-23/h10-13,16-17,19-20,26H,5-9,14-15,18,21-22H2,1-4H3. The van der Waals surface area contributed by atoms with Crippen LogP contribution in [0.15, 0.2) is 48.5 Å². The molecule has 0 radical (unpaired) electrons. The first-order valence-corrected chi connectivity index (χ1v) is 12.2. The fourth-order valence-corrected chi connectivity index (χ4v) is 3.75. The molecular formula is C28H41NO4. The van der Waals surface area contributed by atoms with Crippen molar-refractivity contribution in [3.05, 3.63) is 59.7 Å². The minimum atomic E-state index is -0.294. The van der Waals surface area contributed by atoms with E-state index in [0.717, 1.165) is 42.7 Å². The summed E-state index contributed by atoms with van der Waals surface area (Å²) < 4.78 is 17.2. The molecule has 0 saturated carbocycles. The predicted molar refractivity (Wildman–Crippen MR) is 134 cm³/mol. The molecule has 0 heterocycles. The number of carbonyl (C=O) groups excluding carboxylic acids is 1. The zero-order valence-electron chi connectivity index (χ0n) is 20.8. The lowest BCUT2D eigenvalue weighted by Crippen LogP contribution is -2.35. The Hall–Kier alpha value is -2.53. The number of aryl methyl sites for hydroxylation is 2. The van der Waals surface area contributed by atoms with Gasteiger partial charge in [0.25, 0.3) is 0 Å². The first-order valence-electron chi connectivity index (χ1n) is 12.2. The summed E-state index contributed by atoms with van der Waals surface area (Å²) in [7, 11) is 5.64. The number of hydrogen-bond donors (Lipinski definition) is 0. The van der Waals surface area contributed by atoms with E-state index in [1.165, 1.54) is 24.8 Å². The lowest BCUT2D eigenvalue weighted by molar-refractivity contribution is -0.151. The quantitative estimate of drug-likeness (QED) is 0.240. The van der Waals surface area contributed by atoms with E-state index in [9.17, 15) is 4.79 Å². The molecule has 0 aliphatic heterocycles. The van der Waals surface area contributed by atoms with Gasteiger partial charge < -0.3 is 19.1 Å². The van der Waals surface area contributed by atoms with Gasteiger partial charge in [-0.3, -0.25) is 4.79 Å². The average Bonchev–Trinajstić information content (AvgIpc) is 2.81. The van der Waals surface area contributed by atoms with Crippen molar-refractivity contribution in [1.82, 2.24) is 4.90 Å². The summed E-state index contributed by atoms with van der Waals surface area (Å²) >= 11 is 0. The molecule has 2 aromatic rings. The molecule has 1 unspecified atom stereocenters. The van der Waals surface area contributed by atoms with Crippen LogP contribution in [0.2, 0.25) is 0 Å². The summed E-state index contributed by atoms with van der Waals surface area (Å²) in [6.45, 7) is 3.17. The molecule has 5 heteroatoms. The van der Waals surface area contributed by atoms with Crippen molar-refractivity contribution in [1.29, 1.82) is 0 Å². The van der Waals surface area contributed by atoms with Crippen molar-refractivity contribution in [2.24, 2.45) is 0 Å². The highest BCUT2D eigenvalue weighted by molar-refractivity contribution is 5.69. The molecule has 2 rings (SSSR count). The topological polar surface area (TPSA) is 48.0 Å². The molecule has 5 nitrogen and oxygen atoms in total. The highest BCUT2D eigenvalue weighted by Gasteiger charge is 2.17. The Morgan fingerprint density at radius 1 is 0.939 bits per heavy atom. The molecule has 0 amide bonds. The van der Waals surface area contributed by atoms with Crippen molar-refractivity contribution in [2.45, 2.75) is 64.4 Å². The first kappa shape index (κ1) is 26.7. The van der Waals surface area contributed by atoms with Crippen LogP contribution in [0.5, 0.6) is 11.5 Å². The lowest BCUT2D eigenvalue weighted by atomic mass is 10.0. The van der Waals surface area contributed by atoms with Gasteiger partial charge in [-0.15, -0.1) is 0 Å². The molecular weight excluding hydrogens is 414 g/mol. The molecule has 182 valence electrons. The number of unbranched alkanes of at least 4 members (excludes halogenated alkanes) is 4. The SMILES string of the molecule is CCCCCCCC(=O)OC(COc1ccccc1CCc1ccc(OC)cc1)CN(C)C. The van der Waals surface area contributed by atoms with Crippen molar-refractivity contribution >= 4 is 5.97 Å². The second-order valence-electron chi connectivity index (χ2n) is 8.81. The van der Waals surface area contributed by atoms with E-state index in [-0.39, 0.29) is 12.1 Å². The van der Waals surface area contributed by atoms with E-state index in [1.54, 1.807) is 7.11 Å². The van der Waals surface area contributed by atoms with Gasteiger partial charge in [-0.25, -0.2) is 0 Å². The Morgan fingerprint density at radius 2 is 1.67 bits per heavy atom. The summed E-state index contributed by atoms with van der Waals surface area (Å²) in [6, 6.07) is 16.3. The number of nitrogens with zero attached hydrogens (tertiary/aromatic N) is 1. The zero-order chi connectivity index (χ0) is 23.9. The van der Waals surface area contributed by atoms with Crippen molar-refractivity contribution in [2.75, 3.05) is 34.4 Å². The molecule has 0 spiro atoms. The summed E-state index contributed by atoms with van der Waals surface area (Å²) in [5.41, 5.74) is 2.41. The highest BCUT2D eigenvalue weighted by Crippen LogP contribution is 2.21. The molecule has 0 saturated heterocycles. The fourth-order valence-electron chi connectivity index (χ4n) is 3.75.